The molecule has 3 nitrogen and oxygen atoms in total. The largest absolute Gasteiger partial charge is 0.386 e. The van der Waals surface area contributed by atoms with Crippen molar-refractivity contribution in [2.24, 2.45) is 0 Å². The van der Waals surface area contributed by atoms with E-state index in [1.165, 1.54) is 0 Å². The highest BCUT2D eigenvalue weighted by molar-refractivity contribution is 5.85. The van der Waals surface area contributed by atoms with Gasteiger partial charge in [-0.3, -0.25) is 0 Å². The van der Waals surface area contributed by atoms with Crippen molar-refractivity contribution in [2.45, 2.75) is 6.10 Å². The summed E-state index contributed by atoms with van der Waals surface area (Å²) in [5.41, 5.74) is 0.928. The van der Waals surface area contributed by atoms with Gasteiger partial charge in [-0.1, -0.05) is 42.5 Å². The first-order valence-corrected chi connectivity index (χ1v) is 6.21. The second kappa shape index (κ2) is 6.50. The lowest BCUT2D eigenvalue weighted by atomic mass is 10.0. The summed E-state index contributed by atoms with van der Waals surface area (Å²) < 4.78 is 5.43. The van der Waals surface area contributed by atoms with Gasteiger partial charge in [0, 0.05) is 6.54 Å². The van der Waals surface area contributed by atoms with Gasteiger partial charge in [0.25, 0.3) is 0 Å². The molecule has 0 amide bonds. The third-order valence-electron chi connectivity index (χ3n) is 2.95. The zero-order valence-corrected chi connectivity index (χ0v) is 10.6. The van der Waals surface area contributed by atoms with Gasteiger partial charge in [-0.05, 0) is 23.4 Å². The van der Waals surface area contributed by atoms with E-state index >= 15 is 0 Å². The first-order valence-electron chi connectivity index (χ1n) is 6.21. The predicted octanol–water partition coefficient (Wildman–Crippen LogP) is 2.11. The Balaban J connectivity index is 2.10. The lowest BCUT2D eigenvalue weighted by molar-refractivity contribution is 0.0386. The van der Waals surface area contributed by atoms with E-state index in [0.29, 0.717) is 13.2 Å². The number of hydrogen-bond acceptors (Lipinski definition) is 3. The first-order chi connectivity index (χ1) is 8.83. The molecule has 0 bridgehead atoms. The maximum absolute atomic E-state index is 10.2. The van der Waals surface area contributed by atoms with Gasteiger partial charge in [0.15, 0.2) is 0 Å². The number of aliphatic hydroxyl groups is 1. The summed E-state index contributed by atoms with van der Waals surface area (Å²) in [4.78, 5) is 0. The summed E-state index contributed by atoms with van der Waals surface area (Å²) in [6.45, 7) is 1.73. The minimum Gasteiger partial charge on any atom is -0.386 e. The van der Waals surface area contributed by atoms with Crippen LogP contribution in [0.5, 0.6) is 0 Å². The van der Waals surface area contributed by atoms with Crippen LogP contribution < -0.4 is 5.32 Å². The highest BCUT2D eigenvalue weighted by atomic mass is 16.5. The zero-order valence-electron chi connectivity index (χ0n) is 10.6. The summed E-state index contributed by atoms with van der Waals surface area (Å²) >= 11 is 0. The monoisotopic (exact) mass is 245 g/mol. The van der Waals surface area contributed by atoms with Crippen molar-refractivity contribution in [1.82, 2.24) is 5.32 Å². The maximum Gasteiger partial charge on any atom is 0.103 e. The number of benzene rings is 2. The van der Waals surface area contributed by atoms with Gasteiger partial charge < -0.3 is 15.2 Å². The lowest BCUT2D eigenvalue weighted by Gasteiger charge is -2.14. The standard InChI is InChI=1S/C15H19NO2/c1-16-9-10-18-11-15(17)14-8-4-6-12-5-2-3-7-13(12)14/h2-8,15-17H,9-11H2,1H3. The first kappa shape index (κ1) is 13.0. The SMILES string of the molecule is CNCCOCC(O)c1cccc2ccccc12. The van der Waals surface area contributed by atoms with E-state index in [4.69, 9.17) is 4.74 Å². The van der Waals surface area contributed by atoms with Crippen LogP contribution >= 0.6 is 0 Å². The van der Waals surface area contributed by atoms with Crippen molar-refractivity contribution < 1.29 is 9.84 Å². The molecule has 3 heteroatoms. The smallest absolute Gasteiger partial charge is 0.103 e. The molecule has 18 heavy (non-hydrogen) atoms. The Morgan fingerprint density at radius 2 is 1.94 bits per heavy atom. The third kappa shape index (κ3) is 3.07. The predicted molar refractivity (Wildman–Crippen MR) is 73.7 cm³/mol. The van der Waals surface area contributed by atoms with Gasteiger partial charge in [0.1, 0.15) is 6.10 Å². The van der Waals surface area contributed by atoms with Crippen molar-refractivity contribution in [1.29, 1.82) is 0 Å². The van der Waals surface area contributed by atoms with Crippen LogP contribution in [0.25, 0.3) is 10.8 Å². The number of fused-ring (bicyclic) bond motifs is 1. The van der Waals surface area contributed by atoms with Gasteiger partial charge in [-0.2, -0.15) is 0 Å². The number of likely N-dealkylation sites (N-methyl/N-ethyl adjacent to an activating group) is 1. The highest BCUT2D eigenvalue weighted by Gasteiger charge is 2.10. The van der Waals surface area contributed by atoms with Crippen LogP contribution in [-0.2, 0) is 4.74 Å². The topological polar surface area (TPSA) is 41.5 Å². The van der Waals surface area contributed by atoms with Crippen LogP contribution in [0.15, 0.2) is 42.5 Å². The second-order valence-corrected chi connectivity index (χ2v) is 4.26. The molecule has 2 aromatic rings. The van der Waals surface area contributed by atoms with Crippen molar-refractivity contribution in [3.05, 3.63) is 48.0 Å². The van der Waals surface area contributed by atoms with Gasteiger partial charge in [0.2, 0.25) is 0 Å². The third-order valence-corrected chi connectivity index (χ3v) is 2.95. The molecule has 0 aliphatic heterocycles. The van der Waals surface area contributed by atoms with Gasteiger partial charge in [0.05, 0.1) is 13.2 Å². The van der Waals surface area contributed by atoms with E-state index in [-0.39, 0.29) is 0 Å². The minimum atomic E-state index is -0.576. The lowest BCUT2D eigenvalue weighted by Crippen LogP contribution is -2.17. The van der Waals surface area contributed by atoms with E-state index in [1.54, 1.807) is 0 Å². The van der Waals surface area contributed by atoms with Crippen LogP contribution in [0.4, 0.5) is 0 Å². The molecule has 0 aromatic heterocycles. The molecule has 96 valence electrons. The molecule has 2 rings (SSSR count). The molecule has 1 unspecified atom stereocenters. The molecule has 2 aromatic carbocycles. The Hall–Kier alpha value is -1.42. The van der Waals surface area contributed by atoms with Crippen molar-refractivity contribution in [3.8, 4) is 0 Å². The molecule has 1 atom stereocenters. The fourth-order valence-corrected chi connectivity index (χ4v) is 2.00. The Bertz CT molecular complexity index is 493. The minimum absolute atomic E-state index is 0.329. The van der Waals surface area contributed by atoms with Crippen molar-refractivity contribution >= 4 is 10.8 Å². The molecule has 0 fully saturated rings. The van der Waals surface area contributed by atoms with Gasteiger partial charge >= 0.3 is 0 Å². The van der Waals surface area contributed by atoms with Crippen LogP contribution in [0.2, 0.25) is 0 Å². The number of aliphatic hydroxyl groups excluding tert-OH is 1. The van der Waals surface area contributed by atoms with Crippen molar-refractivity contribution in [3.63, 3.8) is 0 Å². The Labute approximate surface area is 107 Å². The Morgan fingerprint density at radius 1 is 1.17 bits per heavy atom. The number of hydrogen-bond donors (Lipinski definition) is 2. The molecular formula is C15H19NO2. The fraction of sp³-hybridized carbons (Fsp3) is 0.333. The summed E-state index contributed by atoms with van der Waals surface area (Å²) in [5.74, 6) is 0. The Kier molecular flexibility index (Phi) is 4.70. The van der Waals surface area contributed by atoms with Crippen LogP contribution in [0, 0.1) is 0 Å². The number of nitrogens with one attached hydrogen (secondary N) is 1. The molecule has 0 spiro atoms. The van der Waals surface area contributed by atoms with Gasteiger partial charge in [-0.15, -0.1) is 0 Å². The summed E-state index contributed by atoms with van der Waals surface area (Å²) in [6, 6.07) is 14.0. The maximum atomic E-state index is 10.2. The van der Waals surface area contributed by atoms with Crippen LogP contribution in [0.1, 0.15) is 11.7 Å². The molecule has 0 aliphatic carbocycles. The molecule has 0 saturated heterocycles. The number of rotatable bonds is 6. The summed E-state index contributed by atoms with van der Waals surface area (Å²) in [6.07, 6.45) is -0.576. The Morgan fingerprint density at radius 3 is 2.78 bits per heavy atom. The summed E-state index contributed by atoms with van der Waals surface area (Å²) in [7, 11) is 1.88. The second-order valence-electron chi connectivity index (χ2n) is 4.26. The van der Waals surface area contributed by atoms with E-state index in [9.17, 15) is 5.11 Å². The molecule has 0 saturated carbocycles. The van der Waals surface area contributed by atoms with E-state index in [1.807, 2.05) is 49.5 Å². The molecule has 0 aliphatic rings. The fourth-order valence-electron chi connectivity index (χ4n) is 2.00. The van der Waals surface area contributed by atoms with E-state index < -0.39 is 6.10 Å². The highest BCUT2D eigenvalue weighted by Crippen LogP contribution is 2.24. The average Bonchev–Trinajstić information content (AvgIpc) is 2.43. The van der Waals surface area contributed by atoms with Crippen LogP contribution in [-0.4, -0.2) is 31.9 Å². The molecule has 0 heterocycles. The summed E-state index contributed by atoms with van der Waals surface area (Å²) in [5, 5.41) is 15.4. The van der Waals surface area contributed by atoms with Crippen LogP contribution in [0.3, 0.4) is 0 Å². The van der Waals surface area contributed by atoms with Crippen molar-refractivity contribution in [2.75, 3.05) is 26.8 Å². The average molecular weight is 245 g/mol. The zero-order chi connectivity index (χ0) is 12.8. The number of ether oxygens (including phenoxy) is 1. The molecule has 0 radical (unpaired) electrons. The molecule has 2 N–H and O–H groups in total. The normalized spacial score (nSPS) is 12.8. The van der Waals surface area contributed by atoms with E-state index in [0.717, 1.165) is 22.9 Å². The quantitative estimate of drug-likeness (QED) is 0.766. The van der Waals surface area contributed by atoms with E-state index in [2.05, 4.69) is 5.32 Å². The molecular weight excluding hydrogens is 226 g/mol. The van der Waals surface area contributed by atoms with Gasteiger partial charge in [-0.25, -0.2) is 0 Å².